The molecule has 0 unspecified atom stereocenters. The Morgan fingerprint density at radius 3 is 2.54 bits per heavy atom. The standard InChI is InChI=1S/C21H16N4O3/c1-28-15-7-4-6-14(12-15)25-19(26)17-9-3-2-8-16(17)18(20(25)27)13-24-21-22-10-5-11-23-21/h2-13,27H,1H3/b24-13+. The summed E-state index contributed by atoms with van der Waals surface area (Å²) >= 11 is 0. The molecular formula is C21H16N4O3. The molecule has 1 N–H and O–H groups in total. The van der Waals surface area contributed by atoms with Crippen LogP contribution < -0.4 is 10.3 Å². The van der Waals surface area contributed by atoms with Crippen molar-refractivity contribution < 1.29 is 9.84 Å². The zero-order valence-electron chi connectivity index (χ0n) is 15.0. The van der Waals surface area contributed by atoms with Gasteiger partial charge in [0.1, 0.15) is 5.75 Å². The van der Waals surface area contributed by atoms with Gasteiger partial charge in [0.05, 0.1) is 18.4 Å². The quantitative estimate of drug-likeness (QED) is 0.556. The van der Waals surface area contributed by atoms with E-state index in [2.05, 4.69) is 15.0 Å². The van der Waals surface area contributed by atoms with E-state index in [-0.39, 0.29) is 17.4 Å². The smallest absolute Gasteiger partial charge is 0.265 e. The Morgan fingerprint density at radius 1 is 1.04 bits per heavy atom. The van der Waals surface area contributed by atoms with Crippen molar-refractivity contribution in [3.05, 3.63) is 82.9 Å². The van der Waals surface area contributed by atoms with Crippen molar-refractivity contribution in [2.45, 2.75) is 0 Å². The lowest BCUT2D eigenvalue weighted by Crippen LogP contribution is -2.20. The highest BCUT2D eigenvalue weighted by Gasteiger charge is 2.16. The third kappa shape index (κ3) is 3.09. The first-order valence-corrected chi connectivity index (χ1v) is 8.51. The van der Waals surface area contributed by atoms with E-state index < -0.39 is 0 Å². The molecule has 7 nitrogen and oxygen atoms in total. The first kappa shape index (κ1) is 17.4. The van der Waals surface area contributed by atoms with Gasteiger partial charge in [-0.15, -0.1) is 0 Å². The fourth-order valence-corrected chi connectivity index (χ4v) is 2.96. The number of hydrogen-bond acceptors (Lipinski definition) is 6. The van der Waals surface area contributed by atoms with Crippen LogP contribution in [-0.4, -0.2) is 33.0 Å². The Labute approximate surface area is 160 Å². The molecule has 4 aromatic rings. The summed E-state index contributed by atoms with van der Waals surface area (Å²) in [5.74, 6) is 0.603. The lowest BCUT2D eigenvalue weighted by molar-refractivity contribution is 0.413. The van der Waals surface area contributed by atoms with Crippen LogP contribution in [0.5, 0.6) is 11.6 Å². The van der Waals surface area contributed by atoms with Crippen molar-refractivity contribution in [1.82, 2.24) is 14.5 Å². The normalized spacial score (nSPS) is 11.2. The molecule has 0 radical (unpaired) electrons. The summed E-state index contributed by atoms with van der Waals surface area (Å²) in [7, 11) is 1.54. The largest absolute Gasteiger partial charge is 0.497 e. The van der Waals surface area contributed by atoms with E-state index in [9.17, 15) is 9.90 Å². The van der Waals surface area contributed by atoms with E-state index in [1.807, 2.05) is 0 Å². The van der Waals surface area contributed by atoms with Crippen LogP contribution in [0.2, 0.25) is 0 Å². The summed E-state index contributed by atoms with van der Waals surface area (Å²) in [5, 5.41) is 12.0. The van der Waals surface area contributed by atoms with Crippen molar-refractivity contribution in [1.29, 1.82) is 0 Å². The van der Waals surface area contributed by atoms with Crippen molar-refractivity contribution in [3.63, 3.8) is 0 Å². The fraction of sp³-hybridized carbons (Fsp3) is 0.0476. The molecule has 4 rings (SSSR count). The number of aromatic hydroxyl groups is 1. The van der Waals surface area contributed by atoms with Crippen molar-refractivity contribution in [3.8, 4) is 17.3 Å². The molecule has 2 aromatic heterocycles. The van der Waals surface area contributed by atoms with Crippen molar-refractivity contribution in [2.24, 2.45) is 4.99 Å². The second kappa shape index (κ2) is 7.32. The predicted molar refractivity (Wildman–Crippen MR) is 107 cm³/mol. The molecule has 0 amide bonds. The minimum Gasteiger partial charge on any atom is -0.497 e. The van der Waals surface area contributed by atoms with Crippen LogP contribution >= 0.6 is 0 Å². The number of hydrogen-bond donors (Lipinski definition) is 1. The molecule has 0 bridgehead atoms. The van der Waals surface area contributed by atoms with E-state index in [4.69, 9.17) is 4.74 Å². The minimum atomic E-state index is -0.338. The maximum absolute atomic E-state index is 13.1. The van der Waals surface area contributed by atoms with Crippen LogP contribution in [0.1, 0.15) is 5.56 Å². The second-order valence-corrected chi connectivity index (χ2v) is 5.93. The monoisotopic (exact) mass is 372 g/mol. The van der Waals surface area contributed by atoms with Crippen molar-refractivity contribution >= 4 is 22.9 Å². The van der Waals surface area contributed by atoms with E-state index in [0.717, 1.165) is 0 Å². The minimum absolute atomic E-state index is 0.225. The number of ether oxygens (including phenoxy) is 1. The molecule has 138 valence electrons. The summed E-state index contributed by atoms with van der Waals surface area (Å²) in [6.45, 7) is 0. The average Bonchev–Trinajstić information content (AvgIpc) is 2.75. The number of pyridine rings is 1. The lowest BCUT2D eigenvalue weighted by Gasteiger charge is -2.14. The van der Waals surface area contributed by atoms with Gasteiger partial charge in [0.15, 0.2) is 0 Å². The Balaban J connectivity index is 1.99. The average molecular weight is 372 g/mol. The number of aromatic nitrogens is 3. The molecule has 7 heteroatoms. The number of aliphatic imine (C=N–C) groups is 1. The number of nitrogens with zero attached hydrogens (tertiary/aromatic N) is 4. The van der Waals surface area contributed by atoms with E-state index in [0.29, 0.717) is 27.8 Å². The summed E-state index contributed by atoms with van der Waals surface area (Å²) < 4.78 is 6.47. The van der Waals surface area contributed by atoms with Crippen LogP contribution in [0.3, 0.4) is 0 Å². The third-order valence-corrected chi connectivity index (χ3v) is 4.28. The summed E-state index contributed by atoms with van der Waals surface area (Å²) in [6, 6.07) is 15.7. The molecule has 0 saturated heterocycles. The molecule has 0 aliphatic rings. The second-order valence-electron chi connectivity index (χ2n) is 5.93. The maximum Gasteiger partial charge on any atom is 0.265 e. The van der Waals surface area contributed by atoms with E-state index in [1.165, 1.54) is 10.8 Å². The number of fused-ring (bicyclic) bond motifs is 1. The maximum atomic E-state index is 13.1. The Morgan fingerprint density at radius 2 is 1.79 bits per heavy atom. The van der Waals surface area contributed by atoms with Gasteiger partial charge in [-0.3, -0.25) is 4.79 Å². The van der Waals surface area contributed by atoms with E-state index >= 15 is 0 Å². The molecule has 2 heterocycles. The van der Waals surface area contributed by atoms with Gasteiger partial charge in [-0.25, -0.2) is 19.5 Å². The van der Waals surface area contributed by atoms with Crippen molar-refractivity contribution in [2.75, 3.05) is 7.11 Å². The Kier molecular flexibility index (Phi) is 4.55. The zero-order valence-corrected chi connectivity index (χ0v) is 15.0. The summed E-state index contributed by atoms with van der Waals surface area (Å²) in [6.07, 6.45) is 4.62. The van der Waals surface area contributed by atoms with Gasteiger partial charge in [-0.05, 0) is 24.3 Å². The molecule has 0 aliphatic carbocycles. The van der Waals surface area contributed by atoms with Crippen LogP contribution in [0.4, 0.5) is 5.95 Å². The molecule has 0 spiro atoms. The van der Waals surface area contributed by atoms with Gasteiger partial charge >= 0.3 is 0 Å². The van der Waals surface area contributed by atoms with Crippen LogP contribution in [-0.2, 0) is 0 Å². The van der Waals surface area contributed by atoms with Gasteiger partial charge in [0, 0.05) is 35.4 Å². The predicted octanol–water partition coefficient (Wildman–Crippen LogP) is 3.25. The van der Waals surface area contributed by atoms with Crippen LogP contribution in [0.25, 0.3) is 16.5 Å². The van der Waals surface area contributed by atoms with Gasteiger partial charge < -0.3 is 9.84 Å². The number of methoxy groups -OCH3 is 1. The molecule has 28 heavy (non-hydrogen) atoms. The molecule has 0 fully saturated rings. The van der Waals surface area contributed by atoms with Gasteiger partial charge in [-0.2, -0.15) is 0 Å². The molecule has 2 aromatic carbocycles. The van der Waals surface area contributed by atoms with Gasteiger partial charge in [0.25, 0.3) is 5.56 Å². The topological polar surface area (TPSA) is 89.6 Å². The van der Waals surface area contributed by atoms with Crippen LogP contribution in [0.15, 0.2) is 76.8 Å². The molecular weight excluding hydrogens is 356 g/mol. The highest BCUT2D eigenvalue weighted by Crippen LogP contribution is 2.27. The summed E-state index contributed by atoms with van der Waals surface area (Å²) in [4.78, 5) is 25.4. The lowest BCUT2D eigenvalue weighted by atomic mass is 10.1. The fourth-order valence-electron chi connectivity index (χ4n) is 2.96. The molecule has 0 aliphatic heterocycles. The number of rotatable bonds is 4. The number of benzene rings is 2. The van der Waals surface area contributed by atoms with E-state index in [1.54, 1.807) is 74.1 Å². The van der Waals surface area contributed by atoms with Gasteiger partial charge in [-0.1, -0.05) is 24.3 Å². The zero-order chi connectivity index (χ0) is 19.5. The van der Waals surface area contributed by atoms with Gasteiger partial charge in [0.2, 0.25) is 11.8 Å². The first-order valence-electron chi connectivity index (χ1n) is 8.51. The third-order valence-electron chi connectivity index (χ3n) is 4.28. The Hall–Kier alpha value is -4.00. The highest BCUT2D eigenvalue weighted by molar-refractivity contribution is 6.02. The molecule has 0 saturated carbocycles. The van der Waals surface area contributed by atoms with Crippen LogP contribution in [0, 0.1) is 0 Å². The SMILES string of the molecule is COc1cccc(-n2c(O)c(/C=N/c3ncccn3)c3ccccc3c2=O)c1. The first-order chi connectivity index (χ1) is 13.7. The Bertz CT molecular complexity index is 1230. The highest BCUT2D eigenvalue weighted by atomic mass is 16.5. The summed E-state index contributed by atoms with van der Waals surface area (Å²) in [5.41, 5.74) is 0.540. The molecule has 0 atom stereocenters.